The number of benzene rings is 1. The molecule has 1 aromatic rings. The zero-order chi connectivity index (χ0) is 15.6. The summed E-state index contributed by atoms with van der Waals surface area (Å²) in [5.74, 6) is 0. The van der Waals surface area contributed by atoms with E-state index in [1.807, 2.05) is 6.92 Å². The van der Waals surface area contributed by atoms with E-state index in [0.717, 1.165) is 0 Å². The molecule has 0 bridgehead atoms. The third-order valence-corrected chi connectivity index (χ3v) is 3.38. The number of halogens is 1. The van der Waals surface area contributed by atoms with Crippen LogP contribution in [0.25, 0.3) is 0 Å². The summed E-state index contributed by atoms with van der Waals surface area (Å²) >= 11 is 5.61. The predicted molar refractivity (Wildman–Crippen MR) is 76.2 cm³/mol. The summed E-state index contributed by atoms with van der Waals surface area (Å²) in [5.41, 5.74) is 0.132. The Labute approximate surface area is 122 Å². The van der Waals surface area contributed by atoms with Crippen molar-refractivity contribution in [2.24, 2.45) is 5.41 Å². The van der Waals surface area contributed by atoms with Gasteiger partial charge < -0.3 is 15.3 Å². The highest BCUT2D eigenvalue weighted by molar-refractivity contribution is 6.33. The first-order valence-corrected chi connectivity index (χ1v) is 6.42. The van der Waals surface area contributed by atoms with Crippen molar-refractivity contribution >= 4 is 24.2 Å². The first-order valence-electron chi connectivity index (χ1n) is 6.05. The van der Waals surface area contributed by atoms with Crippen molar-refractivity contribution in [1.82, 2.24) is 0 Å². The van der Waals surface area contributed by atoms with E-state index in [0.29, 0.717) is 35.1 Å². The minimum absolute atomic E-state index is 0.156. The van der Waals surface area contributed by atoms with Crippen LogP contribution in [0.5, 0.6) is 0 Å². The molecule has 0 radical (unpaired) electrons. The Morgan fingerprint density at radius 1 is 1.10 bits per heavy atom. The number of aliphatic hydroxyl groups excluding tert-OH is 3. The van der Waals surface area contributed by atoms with Crippen molar-refractivity contribution in [3.63, 3.8) is 0 Å². The van der Waals surface area contributed by atoms with E-state index in [1.54, 1.807) is 6.07 Å². The minimum Gasteiger partial charge on any atom is -0.396 e. The van der Waals surface area contributed by atoms with Crippen LogP contribution in [0.3, 0.4) is 0 Å². The molecule has 0 fully saturated rings. The zero-order valence-corrected chi connectivity index (χ0v) is 12.0. The van der Waals surface area contributed by atoms with Gasteiger partial charge in [0.2, 0.25) is 0 Å². The molecule has 20 heavy (non-hydrogen) atoms. The number of aldehydes is 2. The summed E-state index contributed by atoms with van der Waals surface area (Å²) in [6.45, 7) is 1.35. The molecule has 0 unspecified atom stereocenters. The lowest BCUT2D eigenvalue weighted by atomic mass is 9.88. The fraction of sp³-hybridized carbons (Fsp3) is 0.429. The molecular weight excluding hydrogens is 284 g/mol. The molecule has 0 aliphatic heterocycles. The Bertz CT molecular complexity index is 412. The van der Waals surface area contributed by atoms with Crippen LogP contribution in [-0.2, 0) is 0 Å². The standard InChI is InChI=1S/C8H5ClO2.C6H14O3/c9-8-2-1-6(4-10)3-7(8)5-11;1-2-6(3-7,4-8)5-9/h1-5H;7-9H,2-5H2,1H3. The van der Waals surface area contributed by atoms with Gasteiger partial charge in [-0.2, -0.15) is 0 Å². The van der Waals surface area contributed by atoms with E-state index in [-0.39, 0.29) is 19.8 Å². The molecule has 0 aliphatic rings. The lowest BCUT2D eigenvalue weighted by molar-refractivity contribution is 0.00304. The van der Waals surface area contributed by atoms with Crippen molar-refractivity contribution < 1.29 is 24.9 Å². The predicted octanol–water partition coefficient (Wildman–Crippen LogP) is 1.32. The molecule has 6 heteroatoms. The second-order valence-corrected chi connectivity index (χ2v) is 4.75. The maximum Gasteiger partial charge on any atom is 0.151 e. The van der Waals surface area contributed by atoms with Gasteiger partial charge in [-0.15, -0.1) is 0 Å². The second-order valence-electron chi connectivity index (χ2n) is 4.34. The molecule has 0 saturated carbocycles. The summed E-state index contributed by atoms with van der Waals surface area (Å²) < 4.78 is 0. The molecular formula is C14H19ClO5. The van der Waals surface area contributed by atoms with Gasteiger partial charge in [-0.25, -0.2) is 0 Å². The Hall–Kier alpha value is -1.27. The molecule has 0 spiro atoms. The smallest absolute Gasteiger partial charge is 0.151 e. The van der Waals surface area contributed by atoms with Gasteiger partial charge in [0.05, 0.1) is 24.8 Å². The van der Waals surface area contributed by atoms with E-state index < -0.39 is 5.41 Å². The number of rotatable bonds is 6. The third-order valence-electron chi connectivity index (χ3n) is 3.04. The van der Waals surface area contributed by atoms with Crippen LogP contribution in [-0.4, -0.2) is 47.7 Å². The molecule has 0 aromatic heterocycles. The van der Waals surface area contributed by atoms with E-state index >= 15 is 0 Å². The number of carbonyl (C=O) groups is 2. The summed E-state index contributed by atoms with van der Waals surface area (Å²) in [4.78, 5) is 20.5. The van der Waals surface area contributed by atoms with Crippen LogP contribution in [0.1, 0.15) is 34.1 Å². The summed E-state index contributed by atoms with van der Waals surface area (Å²) in [5, 5.41) is 26.3. The largest absolute Gasteiger partial charge is 0.396 e. The normalized spacial score (nSPS) is 10.4. The lowest BCUT2D eigenvalue weighted by Gasteiger charge is -2.24. The minimum atomic E-state index is -0.667. The van der Waals surface area contributed by atoms with Gasteiger partial charge in [0, 0.05) is 16.5 Å². The molecule has 112 valence electrons. The summed E-state index contributed by atoms with van der Waals surface area (Å²) in [6, 6.07) is 4.53. The van der Waals surface area contributed by atoms with Crippen LogP contribution < -0.4 is 0 Å². The molecule has 0 heterocycles. The first kappa shape index (κ1) is 18.7. The molecule has 3 N–H and O–H groups in total. The summed E-state index contributed by atoms with van der Waals surface area (Å²) in [7, 11) is 0. The first-order chi connectivity index (χ1) is 9.52. The molecule has 0 aliphatic carbocycles. The third kappa shape index (κ3) is 5.38. The molecule has 1 aromatic carbocycles. The second kappa shape index (κ2) is 9.61. The maximum absolute atomic E-state index is 10.3. The average Bonchev–Trinajstić information content (AvgIpc) is 2.51. The van der Waals surface area contributed by atoms with Crippen LogP contribution in [0, 0.1) is 5.41 Å². The highest BCUT2D eigenvalue weighted by atomic mass is 35.5. The van der Waals surface area contributed by atoms with Gasteiger partial charge in [-0.1, -0.05) is 24.6 Å². The van der Waals surface area contributed by atoms with Crippen LogP contribution >= 0.6 is 11.6 Å². The van der Waals surface area contributed by atoms with Gasteiger partial charge in [-0.3, -0.25) is 9.59 Å². The molecule has 0 atom stereocenters. The van der Waals surface area contributed by atoms with E-state index in [2.05, 4.69) is 0 Å². The number of hydrogen-bond donors (Lipinski definition) is 3. The fourth-order valence-corrected chi connectivity index (χ4v) is 1.37. The molecule has 0 saturated heterocycles. The van der Waals surface area contributed by atoms with Crippen LogP contribution in [0.4, 0.5) is 0 Å². The Morgan fingerprint density at radius 2 is 1.65 bits per heavy atom. The summed E-state index contributed by atoms with van der Waals surface area (Å²) in [6.07, 6.45) is 1.88. The zero-order valence-electron chi connectivity index (χ0n) is 11.3. The lowest BCUT2D eigenvalue weighted by Crippen LogP contribution is -2.32. The fourth-order valence-electron chi connectivity index (χ4n) is 1.21. The quantitative estimate of drug-likeness (QED) is 0.689. The Kier molecular flexibility index (Phi) is 9.00. The highest BCUT2D eigenvalue weighted by Gasteiger charge is 2.24. The van der Waals surface area contributed by atoms with Crippen molar-refractivity contribution in [2.75, 3.05) is 19.8 Å². The van der Waals surface area contributed by atoms with Gasteiger partial charge >= 0.3 is 0 Å². The molecule has 5 nitrogen and oxygen atoms in total. The topological polar surface area (TPSA) is 94.8 Å². The highest BCUT2D eigenvalue weighted by Crippen LogP contribution is 2.18. The van der Waals surface area contributed by atoms with E-state index in [4.69, 9.17) is 26.9 Å². The van der Waals surface area contributed by atoms with E-state index in [1.165, 1.54) is 12.1 Å². The Balaban J connectivity index is 0.000000370. The van der Waals surface area contributed by atoms with Gasteiger partial charge in [0.1, 0.15) is 6.29 Å². The number of aliphatic hydroxyl groups is 3. The van der Waals surface area contributed by atoms with Gasteiger partial charge in [0.25, 0.3) is 0 Å². The van der Waals surface area contributed by atoms with Crippen molar-refractivity contribution in [1.29, 1.82) is 0 Å². The number of hydrogen-bond acceptors (Lipinski definition) is 5. The maximum atomic E-state index is 10.3. The average molecular weight is 303 g/mol. The van der Waals surface area contributed by atoms with Crippen molar-refractivity contribution in [3.05, 3.63) is 34.3 Å². The van der Waals surface area contributed by atoms with Crippen molar-refractivity contribution in [3.8, 4) is 0 Å². The molecule has 0 amide bonds. The van der Waals surface area contributed by atoms with Gasteiger partial charge in [0.15, 0.2) is 6.29 Å². The van der Waals surface area contributed by atoms with Crippen molar-refractivity contribution in [2.45, 2.75) is 13.3 Å². The molecule has 1 rings (SSSR count). The monoisotopic (exact) mass is 302 g/mol. The van der Waals surface area contributed by atoms with Crippen LogP contribution in [0.15, 0.2) is 18.2 Å². The van der Waals surface area contributed by atoms with E-state index in [9.17, 15) is 9.59 Å². The number of carbonyl (C=O) groups excluding carboxylic acids is 2. The Morgan fingerprint density at radius 3 is 1.95 bits per heavy atom. The SMILES string of the molecule is CCC(CO)(CO)CO.O=Cc1ccc(Cl)c(C=O)c1. The van der Waals surface area contributed by atoms with Gasteiger partial charge in [-0.05, 0) is 18.6 Å². The van der Waals surface area contributed by atoms with Crippen LogP contribution in [0.2, 0.25) is 5.02 Å².